The Hall–Kier alpha value is -2.89. The van der Waals surface area contributed by atoms with Crippen molar-refractivity contribution in [1.82, 2.24) is 0 Å². The van der Waals surface area contributed by atoms with Gasteiger partial charge < -0.3 is 14.2 Å². The molecule has 0 rings (SSSR count). The first kappa shape index (κ1) is 56.1. The van der Waals surface area contributed by atoms with E-state index in [2.05, 4.69) is 81.5 Å². The van der Waals surface area contributed by atoms with E-state index in [1.807, 2.05) is 0 Å². The smallest absolute Gasteiger partial charge is 0.306 e. The Morgan fingerprint density at radius 3 is 1.10 bits per heavy atom. The summed E-state index contributed by atoms with van der Waals surface area (Å²) in [5, 5.41) is 0. The van der Waals surface area contributed by atoms with Gasteiger partial charge in [-0.3, -0.25) is 14.4 Å². The Morgan fingerprint density at radius 1 is 0.356 bits per heavy atom. The fraction of sp³-hybridized carbons (Fsp3) is 0.755. The molecule has 0 aliphatic carbocycles. The molecule has 0 aromatic rings. The van der Waals surface area contributed by atoms with E-state index in [1.165, 1.54) is 89.9 Å². The van der Waals surface area contributed by atoms with Crippen LogP contribution in [0.1, 0.15) is 239 Å². The number of hydrogen-bond donors (Lipinski definition) is 0. The highest BCUT2D eigenvalue weighted by molar-refractivity contribution is 5.71. The van der Waals surface area contributed by atoms with Crippen molar-refractivity contribution in [2.75, 3.05) is 13.2 Å². The number of unbranched alkanes of at least 4 members (excludes halogenated alkanes) is 23. The molecule has 6 nitrogen and oxygen atoms in total. The third kappa shape index (κ3) is 46.0. The van der Waals surface area contributed by atoms with Crippen molar-refractivity contribution >= 4 is 17.9 Å². The van der Waals surface area contributed by atoms with Crippen molar-refractivity contribution in [1.29, 1.82) is 0 Å². The molecule has 0 heterocycles. The summed E-state index contributed by atoms with van der Waals surface area (Å²) in [6.07, 6.45) is 57.8. The minimum absolute atomic E-state index is 0.0893. The molecule has 1 atom stereocenters. The minimum Gasteiger partial charge on any atom is -0.462 e. The number of rotatable bonds is 44. The van der Waals surface area contributed by atoms with E-state index in [-0.39, 0.29) is 31.1 Å². The molecular formula is C53H92O6. The summed E-state index contributed by atoms with van der Waals surface area (Å²) in [7, 11) is 0. The molecule has 0 saturated heterocycles. The zero-order chi connectivity index (χ0) is 43.0. The van der Waals surface area contributed by atoms with Crippen LogP contribution in [0, 0.1) is 0 Å². The maximum Gasteiger partial charge on any atom is 0.306 e. The number of esters is 3. The van der Waals surface area contributed by atoms with Gasteiger partial charge in [0.1, 0.15) is 13.2 Å². The summed E-state index contributed by atoms with van der Waals surface area (Å²) in [5.74, 6) is -0.930. The van der Waals surface area contributed by atoms with Crippen LogP contribution in [0.2, 0.25) is 0 Å². The van der Waals surface area contributed by atoms with Crippen molar-refractivity contribution in [3.05, 3.63) is 60.8 Å². The first-order valence-electron chi connectivity index (χ1n) is 24.8. The number of carbonyl (C=O) groups excluding carboxylic acids is 3. The molecule has 0 bridgehead atoms. The van der Waals surface area contributed by atoms with Crippen LogP contribution in [-0.2, 0) is 28.6 Å². The monoisotopic (exact) mass is 825 g/mol. The third-order valence-corrected chi connectivity index (χ3v) is 10.5. The first-order valence-corrected chi connectivity index (χ1v) is 24.8. The number of hydrogen-bond acceptors (Lipinski definition) is 6. The molecule has 0 aromatic heterocycles. The summed E-state index contributed by atoms with van der Waals surface area (Å²) < 4.78 is 16.7. The van der Waals surface area contributed by atoms with Crippen molar-refractivity contribution in [2.24, 2.45) is 0 Å². The SMILES string of the molecule is CC/C=C\C/C=C\C/C=C\CCCCCCC(=O)OC(COC(=O)CCCCCC/C=C\CCCC)COC(=O)CCCCCCCCC/C=C\CCCCCCCC. The molecule has 0 spiro atoms. The molecule has 340 valence electrons. The fourth-order valence-corrected chi connectivity index (χ4v) is 6.73. The highest BCUT2D eigenvalue weighted by atomic mass is 16.6. The van der Waals surface area contributed by atoms with Gasteiger partial charge in [-0.15, -0.1) is 0 Å². The Morgan fingerprint density at radius 2 is 0.678 bits per heavy atom. The van der Waals surface area contributed by atoms with Gasteiger partial charge in [0.25, 0.3) is 0 Å². The van der Waals surface area contributed by atoms with E-state index in [0.29, 0.717) is 19.3 Å². The summed E-state index contributed by atoms with van der Waals surface area (Å²) in [6.45, 7) is 6.44. The van der Waals surface area contributed by atoms with Gasteiger partial charge in [-0.2, -0.15) is 0 Å². The lowest BCUT2D eigenvalue weighted by atomic mass is 10.1. The van der Waals surface area contributed by atoms with Crippen molar-refractivity contribution in [3.63, 3.8) is 0 Å². The molecule has 0 N–H and O–H groups in total. The van der Waals surface area contributed by atoms with E-state index in [1.54, 1.807) is 0 Å². The lowest BCUT2D eigenvalue weighted by molar-refractivity contribution is -0.167. The zero-order valence-electron chi connectivity index (χ0n) is 38.8. The molecular weight excluding hydrogens is 733 g/mol. The first-order chi connectivity index (χ1) is 29.0. The number of carbonyl (C=O) groups is 3. The molecule has 59 heavy (non-hydrogen) atoms. The Kier molecular flexibility index (Phi) is 45.4. The van der Waals surface area contributed by atoms with Gasteiger partial charge in [-0.1, -0.05) is 184 Å². The fourth-order valence-electron chi connectivity index (χ4n) is 6.73. The lowest BCUT2D eigenvalue weighted by Crippen LogP contribution is -2.30. The zero-order valence-corrected chi connectivity index (χ0v) is 38.8. The molecule has 0 saturated carbocycles. The normalized spacial score (nSPS) is 12.5. The highest BCUT2D eigenvalue weighted by Crippen LogP contribution is 2.14. The standard InChI is InChI=1S/C53H92O6/c1-4-7-10-13-16-19-22-24-26-27-28-30-31-34-37-40-43-46-52(55)58-49-50(48-57-51(54)45-42-39-36-33-21-18-15-12-9-6-3)59-53(56)47-44-41-38-35-32-29-25-23-20-17-14-11-8-5-2/h8,11,15,17-18,20,24-26,29,50H,4-7,9-10,12-14,16,19,21-23,27-28,30-49H2,1-3H3/b11-8-,18-15-,20-17-,26-24-,29-25-. The summed E-state index contributed by atoms with van der Waals surface area (Å²) in [6, 6.07) is 0. The quantitative estimate of drug-likeness (QED) is 0.0263. The molecule has 0 aromatic carbocycles. The molecule has 0 amide bonds. The molecule has 0 radical (unpaired) electrons. The Labute approximate surface area is 364 Å². The second kappa shape index (κ2) is 47.8. The average Bonchev–Trinajstić information content (AvgIpc) is 3.23. The van der Waals surface area contributed by atoms with E-state index in [4.69, 9.17) is 14.2 Å². The van der Waals surface area contributed by atoms with Crippen LogP contribution in [0.4, 0.5) is 0 Å². The second-order valence-corrected chi connectivity index (χ2v) is 16.3. The van der Waals surface area contributed by atoms with E-state index in [0.717, 1.165) is 109 Å². The third-order valence-electron chi connectivity index (χ3n) is 10.5. The number of allylic oxidation sites excluding steroid dienone is 10. The van der Waals surface area contributed by atoms with Crippen LogP contribution < -0.4 is 0 Å². The maximum atomic E-state index is 12.7. The molecule has 1 unspecified atom stereocenters. The highest BCUT2D eigenvalue weighted by Gasteiger charge is 2.19. The largest absolute Gasteiger partial charge is 0.462 e. The van der Waals surface area contributed by atoms with Crippen molar-refractivity contribution in [2.45, 2.75) is 245 Å². The van der Waals surface area contributed by atoms with Gasteiger partial charge in [0, 0.05) is 19.3 Å². The summed E-state index contributed by atoms with van der Waals surface area (Å²) >= 11 is 0. The maximum absolute atomic E-state index is 12.7. The predicted molar refractivity (Wildman–Crippen MR) is 251 cm³/mol. The van der Waals surface area contributed by atoms with Gasteiger partial charge in [-0.05, 0) is 96.3 Å². The van der Waals surface area contributed by atoms with Crippen LogP contribution in [0.3, 0.4) is 0 Å². The minimum atomic E-state index is -0.790. The Bertz CT molecular complexity index is 1090. The van der Waals surface area contributed by atoms with Gasteiger partial charge in [0.15, 0.2) is 6.10 Å². The summed E-state index contributed by atoms with van der Waals surface area (Å²) in [5.41, 5.74) is 0. The topological polar surface area (TPSA) is 78.9 Å². The van der Waals surface area contributed by atoms with Gasteiger partial charge in [0.05, 0.1) is 0 Å². The van der Waals surface area contributed by atoms with Crippen LogP contribution >= 0.6 is 0 Å². The lowest BCUT2D eigenvalue weighted by Gasteiger charge is -2.18. The van der Waals surface area contributed by atoms with E-state index < -0.39 is 6.10 Å². The van der Waals surface area contributed by atoms with Crippen molar-refractivity contribution < 1.29 is 28.6 Å². The van der Waals surface area contributed by atoms with Gasteiger partial charge in [-0.25, -0.2) is 0 Å². The van der Waals surface area contributed by atoms with E-state index in [9.17, 15) is 14.4 Å². The van der Waals surface area contributed by atoms with Crippen LogP contribution in [0.5, 0.6) is 0 Å². The van der Waals surface area contributed by atoms with Crippen LogP contribution in [0.25, 0.3) is 0 Å². The van der Waals surface area contributed by atoms with Gasteiger partial charge >= 0.3 is 17.9 Å². The predicted octanol–water partition coefficient (Wildman–Crippen LogP) is 16.1. The molecule has 0 fully saturated rings. The van der Waals surface area contributed by atoms with Crippen molar-refractivity contribution in [3.8, 4) is 0 Å². The van der Waals surface area contributed by atoms with Crippen LogP contribution in [0.15, 0.2) is 60.8 Å². The Balaban J connectivity index is 4.38. The van der Waals surface area contributed by atoms with E-state index >= 15 is 0 Å². The second-order valence-electron chi connectivity index (χ2n) is 16.3. The molecule has 0 aliphatic rings. The van der Waals surface area contributed by atoms with Gasteiger partial charge in [0.2, 0.25) is 0 Å². The average molecular weight is 825 g/mol. The summed E-state index contributed by atoms with van der Waals surface area (Å²) in [4.78, 5) is 37.8. The number of ether oxygens (including phenoxy) is 3. The molecule has 6 heteroatoms. The molecule has 0 aliphatic heterocycles. The van der Waals surface area contributed by atoms with Crippen LogP contribution in [-0.4, -0.2) is 37.2 Å².